The summed E-state index contributed by atoms with van der Waals surface area (Å²) in [7, 11) is 2.08. The number of benzene rings is 2. The number of carboxylic acids is 1. The van der Waals surface area contributed by atoms with Gasteiger partial charge in [0.2, 0.25) is 0 Å². The van der Waals surface area contributed by atoms with E-state index in [0.717, 1.165) is 24.0 Å². The predicted octanol–water partition coefficient (Wildman–Crippen LogP) is 4.27. The Hall–Kier alpha value is -2.55. The second-order valence-corrected chi connectivity index (χ2v) is 6.50. The van der Waals surface area contributed by atoms with Gasteiger partial charge in [-0.25, -0.2) is 0 Å². The van der Waals surface area contributed by atoms with Crippen molar-refractivity contribution in [2.75, 3.05) is 0 Å². The molecular weight excluding hydrogens is 286 g/mol. The largest absolute Gasteiger partial charge is 0.481 e. The molecule has 0 aliphatic heterocycles. The van der Waals surface area contributed by atoms with Gasteiger partial charge in [0, 0.05) is 29.2 Å². The van der Waals surface area contributed by atoms with Crippen molar-refractivity contribution in [3.8, 4) is 11.1 Å². The molecule has 2 aromatic carbocycles. The van der Waals surface area contributed by atoms with Crippen LogP contribution in [0.25, 0.3) is 22.0 Å². The van der Waals surface area contributed by atoms with E-state index in [2.05, 4.69) is 54.9 Å². The summed E-state index contributed by atoms with van der Waals surface area (Å²) in [6.07, 6.45) is 1.49. The summed E-state index contributed by atoms with van der Waals surface area (Å²) in [6, 6.07) is 16.5. The highest BCUT2D eigenvalue weighted by atomic mass is 16.4. The highest BCUT2D eigenvalue weighted by Gasteiger charge is 2.51. The van der Waals surface area contributed by atoms with Crippen molar-refractivity contribution < 1.29 is 9.90 Å². The summed E-state index contributed by atoms with van der Waals surface area (Å²) >= 11 is 0. The van der Waals surface area contributed by atoms with Crippen LogP contribution in [0.4, 0.5) is 0 Å². The molecule has 4 rings (SSSR count). The quantitative estimate of drug-likeness (QED) is 0.785. The van der Waals surface area contributed by atoms with E-state index in [1.807, 2.05) is 12.1 Å². The van der Waals surface area contributed by atoms with Crippen molar-refractivity contribution >= 4 is 16.9 Å². The molecule has 1 aliphatic carbocycles. The van der Waals surface area contributed by atoms with Gasteiger partial charge >= 0.3 is 5.97 Å². The first kappa shape index (κ1) is 14.1. The maximum atomic E-state index is 11.5. The minimum atomic E-state index is -0.702. The van der Waals surface area contributed by atoms with Crippen LogP contribution >= 0.6 is 0 Å². The van der Waals surface area contributed by atoms with E-state index in [0.29, 0.717) is 0 Å². The van der Waals surface area contributed by atoms with Crippen LogP contribution in [0.2, 0.25) is 0 Å². The second kappa shape index (κ2) is 4.72. The van der Waals surface area contributed by atoms with Crippen LogP contribution in [0, 0.1) is 6.92 Å². The third-order valence-corrected chi connectivity index (χ3v) is 5.29. The van der Waals surface area contributed by atoms with E-state index in [9.17, 15) is 9.90 Å². The average molecular weight is 305 g/mol. The van der Waals surface area contributed by atoms with E-state index in [4.69, 9.17) is 0 Å². The predicted molar refractivity (Wildman–Crippen MR) is 91.6 cm³/mol. The molecule has 1 heterocycles. The van der Waals surface area contributed by atoms with Gasteiger partial charge in [-0.2, -0.15) is 0 Å². The standard InChI is InChI=1S/C20H19NO2/c1-13-18(16-5-3-4-6-17(16)21(13)2)14-7-9-15(10-8-14)20(11-12-20)19(22)23/h3-10H,11-12H2,1-2H3,(H,22,23). The Morgan fingerprint density at radius 1 is 1.09 bits per heavy atom. The number of carboxylic acid groups (broad SMARTS) is 1. The number of carbonyl (C=O) groups is 1. The van der Waals surface area contributed by atoms with Crippen LogP contribution in [0.3, 0.4) is 0 Å². The van der Waals surface area contributed by atoms with Crippen LogP contribution in [-0.4, -0.2) is 15.6 Å². The number of rotatable bonds is 3. The number of nitrogens with zero attached hydrogens (tertiary/aromatic N) is 1. The lowest BCUT2D eigenvalue weighted by Gasteiger charge is -2.11. The zero-order chi connectivity index (χ0) is 16.2. The zero-order valence-electron chi connectivity index (χ0n) is 13.3. The molecule has 0 saturated heterocycles. The first-order valence-corrected chi connectivity index (χ1v) is 7.93. The number of aromatic nitrogens is 1. The van der Waals surface area contributed by atoms with E-state index >= 15 is 0 Å². The highest BCUT2D eigenvalue weighted by molar-refractivity contribution is 5.98. The Labute approximate surface area is 135 Å². The number of para-hydroxylation sites is 1. The molecule has 1 saturated carbocycles. The molecule has 0 bridgehead atoms. The van der Waals surface area contributed by atoms with Crippen LogP contribution in [0.5, 0.6) is 0 Å². The molecular formula is C20H19NO2. The van der Waals surface area contributed by atoms with E-state index < -0.39 is 11.4 Å². The third-order valence-electron chi connectivity index (χ3n) is 5.29. The number of aliphatic carboxylic acids is 1. The summed E-state index contributed by atoms with van der Waals surface area (Å²) in [6.45, 7) is 2.13. The molecule has 0 spiro atoms. The second-order valence-electron chi connectivity index (χ2n) is 6.50. The molecule has 1 fully saturated rings. The molecule has 0 unspecified atom stereocenters. The fraction of sp³-hybridized carbons (Fsp3) is 0.250. The Bertz CT molecular complexity index is 915. The van der Waals surface area contributed by atoms with Crippen molar-refractivity contribution in [1.82, 2.24) is 4.57 Å². The van der Waals surface area contributed by atoms with Gasteiger partial charge in [-0.1, -0.05) is 42.5 Å². The summed E-state index contributed by atoms with van der Waals surface area (Å²) in [5.74, 6) is -0.702. The van der Waals surface area contributed by atoms with Crippen LogP contribution < -0.4 is 0 Å². The SMILES string of the molecule is Cc1c(-c2ccc(C3(C(=O)O)CC3)cc2)c2ccccc2n1C. The van der Waals surface area contributed by atoms with Crippen molar-refractivity contribution in [3.63, 3.8) is 0 Å². The maximum absolute atomic E-state index is 11.5. The van der Waals surface area contributed by atoms with Crippen LogP contribution in [0.1, 0.15) is 24.1 Å². The minimum Gasteiger partial charge on any atom is -0.481 e. The normalized spacial score (nSPS) is 15.7. The molecule has 1 aliphatic rings. The van der Waals surface area contributed by atoms with Gasteiger partial charge < -0.3 is 9.67 Å². The molecule has 3 nitrogen and oxygen atoms in total. The van der Waals surface area contributed by atoms with Gasteiger partial charge in [0.05, 0.1) is 5.41 Å². The van der Waals surface area contributed by atoms with Crippen LogP contribution in [0.15, 0.2) is 48.5 Å². The minimum absolute atomic E-state index is 0.633. The lowest BCUT2D eigenvalue weighted by molar-refractivity contribution is -0.140. The first-order valence-electron chi connectivity index (χ1n) is 7.93. The molecule has 3 aromatic rings. The molecule has 3 heteroatoms. The van der Waals surface area contributed by atoms with Crippen molar-refractivity contribution in [1.29, 1.82) is 0 Å². The first-order chi connectivity index (χ1) is 11.0. The Morgan fingerprint density at radius 3 is 2.35 bits per heavy atom. The van der Waals surface area contributed by atoms with Gasteiger partial charge in [-0.05, 0) is 37.0 Å². The number of aryl methyl sites for hydroxylation is 1. The fourth-order valence-corrected chi connectivity index (χ4v) is 3.59. The van der Waals surface area contributed by atoms with Gasteiger partial charge in [-0.15, -0.1) is 0 Å². The monoisotopic (exact) mass is 305 g/mol. The summed E-state index contributed by atoms with van der Waals surface area (Å²) < 4.78 is 2.21. The fourth-order valence-electron chi connectivity index (χ4n) is 3.59. The number of hydrogen-bond acceptors (Lipinski definition) is 1. The highest BCUT2D eigenvalue weighted by Crippen LogP contribution is 2.48. The Kier molecular flexibility index (Phi) is 2.89. The lowest BCUT2D eigenvalue weighted by atomic mass is 9.93. The molecule has 0 radical (unpaired) electrons. The summed E-state index contributed by atoms with van der Waals surface area (Å²) in [4.78, 5) is 11.5. The lowest BCUT2D eigenvalue weighted by Crippen LogP contribution is -2.19. The van der Waals surface area contributed by atoms with Gasteiger partial charge in [-0.3, -0.25) is 4.79 Å². The van der Waals surface area contributed by atoms with E-state index in [-0.39, 0.29) is 0 Å². The zero-order valence-corrected chi connectivity index (χ0v) is 13.3. The topological polar surface area (TPSA) is 42.2 Å². The van der Waals surface area contributed by atoms with Crippen LogP contribution in [-0.2, 0) is 17.3 Å². The van der Waals surface area contributed by atoms with Crippen molar-refractivity contribution in [2.24, 2.45) is 7.05 Å². The third kappa shape index (κ3) is 1.93. The van der Waals surface area contributed by atoms with Gasteiger partial charge in [0.1, 0.15) is 0 Å². The average Bonchev–Trinajstić information content (AvgIpc) is 3.33. The summed E-state index contributed by atoms with van der Waals surface area (Å²) in [5.41, 5.74) is 5.10. The molecule has 1 aromatic heterocycles. The van der Waals surface area contributed by atoms with Gasteiger partial charge in [0.15, 0.2) is 0 Å². The number of hydrogen-bond donors (Lipinski definition) is 1. The molecule has 23 heavy (non-hydrogen) atoms. The van der Waals surface area contributed by atoms with E-state index in [1.165, 1.54) is 22.2 Å². The maximum Gasteiger partial charge on any atom is 0.314 e. The summed E-state index contributed by atoms with van der Waals surface area (Å²) in [5, 5.41) is 10.7. The molecule has 116 valence electrons. The van der Waals surface area contributed by atoms with Gasteiger partial charge in [0.25, 0.3) is 0 Å². The number of fused-ring (bicyclic) bond motifs is 1. The smallest absolute Gasteiger partial charge is 0.314 e. The Morgan fingerprint density at radius 2 is 1.74 bits per heavy atom. The Balaban J connectivity index is 1.84. The van der Waals surface area contributed by atoms with Crippen molar-refractivity contribution in [3.05, 3.63) is 59.8 Å². The van der Waals surface area contributed by atoms with Crippen molar-refractivity contribution in [2.45, 2.75) is 25.2 Å². The molecule has 1 N–H and O–H groups in total. The molecule has 0 amide bonds. The molecule has 0 atom stereocenters. The van der Waals surface area contributed by atoms with E-state index in [1.54, 1.807) is 0 Å².